The molecule has 0 spiro atoms. The van der Waals surface area contributed by atoms with E-state index in [1.807, 2.05) is 54.4 Å². The van der Waals surface area contributed by atoms with Crippen molar-refractivity contribution in [3.05, 3.63) is 48.4 Å². The lowest BCUT2D eigenvalue weighted by atomic mass is 10.1. The van der Waals surface area contributed by atoms with Gasteiger partial charge >= 0.3 is 6.03 Å². The number of hydrogen-bond donors (Lipinski definition) is 1. The number of fused-ring (bicyclic) bond motifs is 1. The lowest BCUT2D eigenvalue weighted by molar-refractivity contribution is 0.221. The molecule has 0 saturated carbocycles. The van der Waals surface area contributed by atoms with Gasteiger partial charge in [0.1, 0.15) is 17.1 Å². The Hall–Kier alpha value is -3.09. The number of hydrogen-bond acceptors (Lipinski definition) is 4. The van der Waals surface area contributed by atoms with E-state index in [0.717, 1.165) is 36.4 Å². The van der Waals surface area contributed by atoms with Crippen LogP contribution in [0.2, 0.25) is 0 Å². The van der Waals surface area contributed by atoms with Crippen LogP contribution in [0.15, 0.2) is 42.6 Å². The van der Waals surface area contributed by atoms with Gasteiger partial charge in [-0.2, -0.15) is 0 Å². The van der Waals surface area contributed by atoms with Crippen LogP contribution in [-0.4, -0.2) is 45.2 Å². The molecule has 2 amide bonds. The molecule has 0 aliphatic carbocycles. The summed E-state index contributed by atoms with van der Waals surface area (Å²) in [6.07, 6.45) is 3.72. The molecule has 0 bridgehead atoms. The van der Waals surface area contributed by atoms with Gasteiger partial charge in [-0.05, 0) is 44.0 Å². The average Bonchev–Trinajstić information content (AvgIpc) is 3.35. The Labute approximate surface area is 170 Å². The highest BCUT2D eigenvalue weighted by atomic mass is 16.5. The molecule has 3 aromatic rings. The number of nitrogens with zero attached hydrogens (tertiary/aromatic N) is 4. The minimum absolute atomic E-state index is 0.101. The highest BCUT2D eigenvalue weighted by Gasteiger charge is 2.31. The van der Waals surface area contributed by atoms with Crippen molar-refractivity contribution in [3.8, 4) is 5.75 Å². The lowest BCUT2D eigenvalue weighted by Crippen LogP contribution is -2.33. The number of likely N-dealkylation sites (tertiary alicyclic amines) is 1. The number of rotatable bonds is 6. The number of carbonyl (C=O) groups is 1. The number of amides is 2. The van der Waals surface area contributed by atoms with Crippen LogP contribution in [0.25, 0.3) is 11.2 Å². The molecule has 1 fully saturated rings. The summed E-state index contributed by atoms with van der Waals surface area (Å²) in [5.41, 5.74) is 2.55. The fourth-order valence-corrected chi connectivity index (χ4v) is 3.93. The number of aromatic nitrogens is 3. The SMILES string of the molecule is CCCn1c([C@@H]2CCN(C(=O)Nc3ccccc3OCC)C2)nc2cccnc21. The molecule has 7 heteroatoms. The van der Waals surface area contributed by atoms with E-state index in [-0.39, 0.29) is 11.9 Å². The first-order chi connectivity index (χ1) is 14.2. The summed E-state index contributed by atoms with van der Waals surface area (Å²) in [6.45, 7) is 6.88. The summed E-state index contributed by atoms with van der Waals surface area (Å²) in [5, 5.41) is 3.00. The first-order valence-electron chi connectivity index (χ1n) is 10.3. The number of pyridine rings is 1. The summed E-state index contributed by atoms with van der Waals surface area (Å²) in [7, 11) is 0. The molecule has 3 heterocycles. The Morgan fingerprint density at radius 1 is 1.24 bits per heavy atom. The minimum Gasteiger partial charge on any atom is -0.492 e. The Bertz CT molecular complexity index is 1000. The molecule has 7 nitrogen and oxygen atoms in total. The Kier molecular flexibility index (Phi) is 5.64. The molecular formula is C22H27N5O2. The second-order valence-electron chi connectivity index (χ2n) is 7.26. The number of ether oxygens (including phenoxy) is 1. The first kappa shape index (κ1) is 19.2. The second-order valence-corrected chi connectivity index (χ2v) is 7.26. The molecule has 152 valence electrons. The van der Waals surface area contributed by atoms with Crippen LogP contribution in [0.3, 0.4) is 0 Å². The zero-order chi connectivity index (χ0) is 20.2. The average molecular weight is 393 g/mol. The van der Waals surface area contributed by atoms with E-state index in [1.54, 1.807) is 0 Å². The highest BCUT2D eigenvalue weighted by Crippen LogP contribution is 2.30. The van der Waals surface area contributed by atoms with Gasteiger partial charge in [-0.1, -0.05) is 19.1 Å². The van der Waals surface area contributed by atoms with Crippen LogP contribution < -0.4 is 10.1 Å². The number of carbonyl (C=O) groups excluding carboxylic acids is 1. The molecule has 1 N–H and O–H groups in total. The zero-order valence-electron chi connectivity index (χ0n) is 17.0. The summed E-state index contributed by atoms with van der Waals surface area (Å²) < 4.78 is 7.83. The summed E-state index contributed by atoms with van der Waals surface area (Å²) >= 11 is 0. The predicted octanol–water partition coefficient (Wildman–Crippen LogP) is 4.26. The third kappa shape index (κ3) is 3.90. The van der Waals surface area contributed by atoms with Crippen molar-refractivity contribution in [1.29, 1.82) is 0 Å². The van der Waals surface area contributed by atoms with Crippen molar-refractivity contribution in [3.63, 3.8) is 0 Å². The normalized spacial score (nSPS) is 16.3. The van der Waals surface area contributed by atoms with Crippen molar-refractivity contribution in [2.45, 2.75) is 39.2 Å². The van der Waals surface area contributed by atoms with E-state index in [9.17, 15) is 4.79 Å². The molecule has 0 radical (unpaired) electrons. The van der Waals surface area contributed by atoms with Crippen LogP contribution in [0.1, 0.15) is 38.4 Å². The topological polar surface area (TPSA) is 72.3 Å². The summed E-state index contributed by atoms with van der Waals surface area (Å²) in [6, 6.07) is 11.3. The van der Waals surface area contributed by atoms with E-state index in [1.165, 1.54) is 0 Å². The number of imidazole rings is 1. The van der Waals surface area contributed by atoms with Gasteiger partial charge in [0.25, 0.3) is 0 Å². The minimum atomic E-state index is -0.101. The summed E-state index contributed by atoms with van der Waals surface area (Å²) in [4.78, 5) is 24.1. The van der Waals surface area contributed by atoms with Crippen LogP contribution in [-0.2, 0) is 6.54 Å². The van der Waals surface area contributed by atoms with E-state index >= 15 is 0 Å². The fraction of sp³-hybridized carbons (Fsp3) is 0.409. The Morgan fingerprint density at radius 3 is 2.93 bits per heavy atom. The number of anilines is 1. The van der Waals surface area contributed by atoms with Gasteiger partial charge < -0.3 is 19.5 Å². The van der Waals surface area contributed by atoms with Crippen LogP contribution >= 0.6 is 0 Å². The van der Waals surface area contributed by atoms with Gasteiger partial charge in [0, 0.05) is 31.7 Å². The molecular weight excluding hydrogens is 366 g/mol. The third-order valence-electron chi connectivity index (χ3n) is 5.25. The number of urea groups is 1. The predicted molar refractivity (Wildman–Crippen MR) is 113 cm³/mol. The van der Waals surface area contributed by atoms with Gasteiger partial charge in [-0.15, -0.1) is 0 Å². The fourth-order valence-electron chi connectivity index (χ4n) is 3.93. The maximum Gasteiger partial charge on any atom is 0.321 e. The molecule has 4 rings (SSSR count). The van der Waals surface area contributed by atoms with Crippen molar-refractivity contribution in [2.75, 3.05) is 25.0 Å². The highest BCUT2D eigenvalue weighted by molar-refractivity contribution is 5.91. The van der Waals surface area contributed by atoms with Crippen molar-refractivity contribution >= 4 is 22.9 Å². The molecule has 2 aromatic heterocycles. The quantitative estimate of drug-likeness (QED) is 0.679. The Balaban J connectivity index is 1.50. The standard InChI is InChI=1S/C22H27N5O2/c1-3-13-27-20(24-18-9-7-12-23-21(18)27)16-11-14-26(15-16)22(28)25-17-8-5-6-10-19(17)29-4-2/h5-10,12,16H,3-4,11,13-15H2,1-2H3,(H,25,28)/t16-/m1/s1. The maximum atomic E-state index is 12.9. The first-order valence-corrected chi connectivity index (χ1v) is 10.3. The van der Waals surface area contributed by atoms with E-state index in [4.69, 9.17) is 9.72 Å². The molecule has 1 saturated heterocycles. The van der Waals surface area contributed by atoms with Gasteiger partial charge in [0.2, 0.25) is 0 Å². The molecule has 1 aliphatic heterocycles. The molecule has 1 atom stereocenters. The van der Waals surface area contributed by atoms with Crippen LogP contribution in [0.4, 0.5) is 10.5 Å². The molecule has 0 unspecified atom stereocenters. The lowest BCUT2D eigenvalue weighted by Gasteiger charge is -2.19. The van der Waals surface area contributed by atoms with Crippen LogP contribution in [0.5, 0.6) is 5.75 Å². The smallest absolute Gasteiger partial charge is 0.321 e. The second kappa shape index (κ2) is 8.51. The molecule has 1 aromatic carbocycles. The van der Waals surface area contributed by atoms with Gasteiger partial charge in [0.05, 0.1) is 12.3 Å². The number of aryl methyl sites for hydroxylation is 1. The van der Waals surface area contributed by atoms with Crippen molar-refractivity contribution in [1.82, 2.24) is 19.4 Å². The van der Waals surface area contributed by atoms with Crippen LogP contribution in [0, 0.1) is 0 Å². The van der Waals surface area contributed by atoms with E-state index < -0.39 is 0 Å². The molecule has 29 heavy (non-hydrogen) atoms. The largest absolute Gasteiger partial charge is 0.492 e. The van der Waals surface area contributed by atoms with Gasteiger partial charge in [-0.3, -0.25) is 0 Å². The monoisotopic (exact) mass is 393 g/mol. The number of para-hydroxylation sites is 2. The van der Waals surface area contributed by atoms with Gasteiger partial charge in [-0.25, -0.2) is 14.8 Å². The van der Waals surface area contributed by atoms with E-state index in [0.29, 0.717) is 31.1 Å². The number of benzene rings is 1. The van der Waals surface area contributed by atoms with Gasteiger partial charge in [0.15, 0.2) is 5.65 Å². The maximum absolute atomic E-state index is 12.9. The van der Waals surface area contributed by atoms with Crippen molar-refractivity contribution < 1.29 is 9.53 Å². The molecule has 1 aliphatic rings. The Morgan fingerprint density at radius 2 is 2.10 bits per heavy atom. The van der Waals surface area contributed by atoms with Crippen molar-refractivity contribution in [2.24, 2.45) is 0 Å². The number of nitrogens with one attached hydrogen (secondary N) is 1. The summed E-state index contributed by atoms with van der Waals surface area (Å²) in [5.74, 6) is 1.93. The third-order valence-corrected chi connectivity index (χ3v) is 5.25. The van der Waals surface area contributed by atoms with E-state index in [2.05, 4.69) is 21.8 Å². The zero-order valence-corrected chi connectivity index (χ0v) is 17.0.